The number of benzene rings is 1. The van der Waals surface area contributed by atoms with Crippen molar-refractivity contribution in [3.8, 4) is 11.4 Å². The highest BCUT2D eigenvalue weighted by atomic mass is 19.2. The molecule has 0 radical (unpaired) electrons. The normalized spacial score (nSPS) is 10.1. The van der Waals surface area contributed by atoms with Crippen molar-refractivity contribution in [2.75, 3.05) is 0 Å². The first kappa shape index (κ1) is 10.4. The molecule has 1 heterocycles. The van der Waals surface area contributed by atoms with Crippen LogP contribution < -0.4 is 0 Å². The Balaban J connectivity index is 2.65. The van der Waals surface area contributed by atoms with E-state index in [1.54, 1.807) is 6.07 Å². The quantitative estimate of drug-likeness (QED) is 0.729. The van der Waals surface area contributed by atoms with Gasteiger partial charge in [-0.3, -0.25) is 4.79 Å². The molecule has 0 fully saturated rings. The molecule has 0 atom stereocenters. The van der Waals surface area contributed by atoms with Crippen LogP contribution in [0.3, 0.4) is 0 Å². The highest BCUT2D eigenvalue weighted by Crippen LogP contribution is 2.21. The molecule has 0 aliphatic carbocycles. The minimum Gasteiger partial charge on any atom is -0.298 e. The third-order valence-electron chi connectivity index (χ3n) is 2.03. The van der Waals surface area contributed by atoms with E-state index < -0.39 is 11.6 Å². The first-order valence-electron chi connectivity index (χ1n) is 4.44. The van der Waals surface area contributed by atoms with E-state index in [0.29, 0.717) is 6.29 Å². The Morgan fingerprint density at radius 3 is 2.31 bits per heavy atom. The molecule has 5 heteroatoms. The van der Waals surface area contributed by atoms with Crippen molar-refractivity contribution in [3.05, 3.63) is 47.8 Å². The second-order valence-electron chi connectivity index (χ2n) is 3.04. The summed E-state index contributed by atoms with van der Waals surface area (Å²) in [5, 5.41) is 0. The Morgan fingerprint density at radius 2 is 1.69 bits per heavy atom. The molecule has 0 bridgehead atoms. The molecule has 0 spiro atoms. The summed E-state index contributed by atoms with van der Waals surface area (Å²) in [6, 6.07) is 3.33. The van der Waals surface area contributed by atoms with Crippen molar-refractivity contribution in [3.63, 3.8) is 0 Å². The molecule has 1 aromatic carbocycles. The van der Waals surface area contributed by atoms with Crippen LogP contribution in [0.15, 0.2) is 30.6 Å². The maximum atomic E-state index is 13.0. The fourth-order valence-corrected chi connectivity index (χ4v) is 1.29. The van der Waals surface area contributed by atoms with Crippen molar-refractivity contribution in [2.45, 2.75) is 0 Å². The molecule has 0 saturated carbocycles. The number of aromatic nitrogens is 2. The summed E-state index contributed by atoms with van der Waals surface area (Å²) in [5.74, 6) is -1.92. The molecule has 80 valence electrons. The number of carbonyl (C=O) groups is 1. The van der Waals surface area contributed by atoms with Gasteiger partial charge in [-0.05, 0) is 18.2 Å². The van der Waals surface area contributed by atoms with Crippen LogP contribution in [-0.2, 0) is 0 Å². The molecule has 0 N–H and O–H groups in total. The van der Waals surface area contributed by atoms with Gasteiger partial charge in [-0.15, -0.1) is 0 Å². The van der Waals surface area contributed by atoms with E-state index in [9.17, 15) is 13.6 Å². The van der Waals surface area contributed by atoms with Gasteiger partial charge in [-0.25, -0.2) is 18.7 Å². The van der Waals surface area contributed by atoms with Gasteiger partial charge < -0.3 is 0 Å². The van der Waals surface area contributed by atoms with Gasteiger partial charge in [0.2, 0.25) is 0 Å². The summed E-state index contributed by atoms with van der Waals surface area (Å²) in [7, 11) is 0. The van der Waals surface area contributed by atoms with Crippen molar-refractivity contribution in [2.24, 2.45) is 0 Å². The lowest BCUT2D eigenvalue weighted by Crippen LogP contribution is -1.96. The van der Waals surface area contributed by atoms with E-state index in [1.165, 1.54) is 12.4 Å². The van der Waals surface area contributed by atoms with Gasteiger partial charge in [-0.2, -0.15) is 0 Å². The van der Waals surface area contributed by atoms with E-state index in [1.807, 2.05) is 0 Å². The summed E-state index contributed by atoms with van der Waals surface area (Å²) >= 11 is 0. The zero-order valence-electron chi connectivity index (χ0n) is 8.02. The number of rotatable bonds is 2. The van der Waals surface area contributed by atoms with Gasteiger partial charge >= 0.3 is 0 Å². The van der Waals surface area contributed by atoms with Crippen LogP contribution in [-0.4, -0.2) is 16.3 Å². The summed E-state index contributed by atoms with van der Waals surface area (Å²) in [6.45, 7) is 0. The molecule has 0 amide bonds. The standard InChI is InChI=1S/C11H6F2N2O/c12-9-4-7(6-16)8(5-10(9)13)11-14-2-1-3-15-11/h1-6H. The Hall–Kier alpha value is -2.17. The molecule has 0 saturated heterocycles. The summed E-state index contributed by atoms with van der Waals surface area (Å²) in [5.41, 5.74) is 0.194. The summed E-state index contributed by atoms with van der Waals surface area (Å²) in [6.07, 6.45) is 3.35. The van der Waals surface area contributed by atoms with Crippen molar-refractivity contribution in [1.82, 2.24) is 9.97 Å². The molecule has 2 rings (SSSR count). The molecule has 0 aliphatic heterocycles. The summed E-state index contributed by atoms with van der Waals surface area (Å²) < 4.78 is 25.9. The molecular formula is C11H6F2N2O. The predicted octanol–water partition coefficient (Wildman–Crippen LogP) is 2.23. The lowest BCUT2D eigenvalue weighted by molar-refractivity contribution is 0.112. The number of carbonyl (C=O) groups excluding carboxylic acids is 1. The largest absolute Gasteiger partial charge is 0.298 e. The predicted molar refractivity (Wildman–Crippen MR) is 52.8 cm³/mol. The van der Waals surface area contributed by atoms with Gasteiger partial charge in [0.25, 0.3) is 0 Å². The maximum absolute atomic E-state index is 13.0. The molecular weight excluding hydrogens is 214 g/mol. The van der Waals surface area contributed by atoms with Crippen LogP contribution >= 0.6 is 0 Å². The fraction of sp³-hybridized carbons (Fsp3) is 0. The molecule has 1 aromatic heterocycles. The number of aldehydes is 1. The van der Waals surface area contributed by atoms with Gasteiger partial charge in [0.15, 0.2) is 23.7 Å². The molecule has 0 aliphatic rings. The first-order chi connectivity index (χ1) is 7.72. The van der Waals surface area contributed by atoms with Crippen LogP contribution in [0.4, 0.5) is 8.78 Å². The number of hydrogen-bond acceptors (Lipinski definition) is 3. The highest BCUT2D eigenvalue weighted by molar-refractivity contribution is 5.85. The van der Waals surface area contributed by atoms with E-state index in [0.717, 1.165) is 12.1 Å². The zero-order chi connectivity index (χ0) is 11.5. The second-order valence-corrected chi connectivity index (χ2v) is 3.04. The van der Waals surface area contributed by atoms with Crippen LogP contribution in [0.2, 0.25) is 0 Å². The second kappa shape index (κ2) is 4.14. The first-order valence-corrected chi connectivity index (χ1v) is 4.44. The van der Waals surface area contributed by atoms with Crippen LogP contribution in [0.5, 0.6) is 0 Å². The zero-order valence-corrected chi connectivity index (χ0v) is 8.02. The number of nitrogens with zero attached hydrogens (tertiary/aromatic N) is 2. The topological polar surface area (TPSA) is 42.9 Å². The van der Waals surface area contributed by atoms with E-state index in [4.69, 9.17) is 0 Å². The molecule has 3 nitrogen and oxygen atoms in total. The average molecular weight is 220 g/mol. The minimum absolute atomic E-state index is 0.0186. The van der Waals surface area contributed by atoms with Crippen LogP contribution in [0.1, 0.15) is 10.4 Å². The fourth-order valence-electron chi connectivity index (χ4n) is 1.29. The third kappa shape index (κ3) is 1.79. The van der Waals surface area contributed by atoms with E-state index >= 15 is 0 Å². The van der Waals surface area contributed by atoms with Gasteiger partial charge in [-0.1, -0.05) is 0 Å². The number of hydrogen-bond donors (Lipinski definition) is 0. The lowest BCUT2D eigenvalue weighted by atomic mass is 10.1. The van der Waals surface area contributed by atoms with Gasteiger partial charge in [0.1, 0.15) is 0 Å². The van der Waals surface area contributed by atoms with Gasteiger partial charge in [0.05, 0.1) is 0 Å². The van der Waals surface area contributed by atoms with Crippen molar-refractivity contribution >= 4 is 6.29 Å². The van der Waals surface area contributed by atoms with E-state index in [-0.39, 0.29) is 17.0 Å². The molecule has 2 aromatic rings. The minimum atomic E-state index is -1.07. The van der Waals surface area contributed by atoms with Crippen molar-refractivity contribution < 1.29 is 13.6 Å². The van der Waals surface area contributed by atoms with Crippen LogP contribution in [0, 0.1) is 11.6 Å². The van der Waals surface area contributed by atoms with Crippen molar-refractivity contribution in [1.29, 1.82) is 0 Å². The lowest BCUT2D eigenvalue weighted by Gasteiger charge is -2.03. The Labute approximate surface area is 89.8 Å². The molecule has 0 unspecified atom stereocenters. The highest BCUT2D eigenvalue weighted by Gasteiger charge is 2.12. The SMILES string of the molecule is O=Cc1cc(F)c(F)cc1-c1ncccn1. The van der Waals surface area contributed by atoms with Gasteiger partial charge in [0, 0.05) is 23.5 Å². The third-order valence-corrected chi connectivity index (χ3v) is 2.03. The van der Waals surface area contributed by atoms with E-state index in [2.05, 4.69) is 9.97 Å². The summed E-state index contributed by atoms with van der Waals surface area (Å²) in [4.78, 5) is 18.5. The average Bonchev–Trinajstić information content (AvgIpc) is 2.33. The Bertz CT molecular complexity index is 529. The Kier molecular flexibility index (Phi) is 2.68. The number of halogens is 2. The maximum Gasteiger partial charge on any atom is 0.159 e. The Morgan fingerprint density at radius 1 is 1.06 bits per heavy atom. The van der Waals surface area contributed by atoms with Crippen LogP contribution in [0.25, 0.3) is 11.4 Å². The monoisotopic (exact) mass is 220 g/mol. The molecule has 16 heavy (non-hydrogen) atoms. The smallest absolute Gasteiger partial charge is 0.159 e.